The van der Waals surface area contributed by atoms with E-state index in [2.05, 4.69) is 26.2 Å². The molecule has 0 aliphatic heterocycles. The number of nitrogens with zero attached hydrogens (tertiary/aromatic N) is 1. The molecule has 2 rings (SSSR count). The van der Waals surface area contributed by atoms with Crippen LogP contribution in [0.1, 0.15) is 16.1 Å². The molecule has 0 bridgehead atoms. The summed E-state index contributed by atoms with van der Waals surface area (Å²) in [6.07, 6.45) is 1.46. The van der Waals surface area contributed by atoms with E-state index >= 15 is 0 Å². The lowest BCUT2D eigenvalue weighted by Gasteiger charge is -2.08. The lowest BCUT2D eigenvalue weighted by atomic mass is 10.2. The van der Waals surface area contributed by atoms with E-state index in [4.69, 9.17) is 5.73 Å². The van der Waals surface area contributed by atoms with Crippen molar-refractivity contribution >= 4 is 33.2 Å². The van der Waals surface area contributed by atoms with E-state index in [1.165, 1.54) is 6.20 Å². The van der Waals surface area contributed by atoms with E-state index in [0.717, 1.165) is 15.7 Å². The lowest BCUT2D eigenvalue weighted by Crippen LogP contribution is -2.14. The third-order valence-electron chi connectivity index (χ3n) is 2.46. The molecule has 1 amide bonds. The van der Waals surface area contributed by atoms with Crippen LogP contribution in [-0.4, -0.2) is 10.9 Å². The average molecular weight is 306 g/mol. The van der Waals surface area contributed by atoms with E-state index in [1.807, 2.05) is 25.1 Å². The minimum Gasteiger partial charge on any atom is -0.397 e. The van der Waals surface area contributed by atoms with Crippen LogP contribution in [0.5, 0.6) is 0 Å². The van der Waals surface area contributed by atoms with Gasteiger partial charge in [-0.1, -0.05) is 12.1 Å². The number of hydrogen-bond donors (Lipinski definition) is 2. The van der Waals surface area contributed by atoms with Crippen LogP contribution < -0.4 is 11.1 Å². The molecule has 3 N–H and O–H groups in total. The highest BCUT2D eigenvalue weighted by Gasteiger charge is 2.10. The van der Waals surface area contributed by atoms with E-state index in [0.29, 0.717) is 11.4 Å². The number of nitrogen functional groups attached to an aromatic ring is 1. The van der Waals surface area contributed by atoms with Crippen molar-refractivity contribution in [2.24, 2.45) is 0 Å². The van der Waals surface area contributed by atoms with Crippen molar-refractivity contribution in [2.45, 2.75) is 6.92 Å². The van der Waals surface area contributed by atoms with Gasteiger partial charge in [0, 0.05) is 4.47 Å². The van der Waals surface area contributed by atoms with Gasteiger partial charge in [0.05, 0.1) is 17.6 Å². The van der Waals surface area contributed by atoms with Crippen molar-refractivity contribution in [1.29, 1.82) is 0 Å². The number of benzene rings is 1. The van der Waals surface area contributed by atoms with Crippen molar-refractivity contribution in [1.82, 2.24) is 4.98 Å². The molecule has 0 fully saturated rings. The highest BCUT2D eigenvalue weighted by molar-refractivity contribution is 9.10. The number of carbonyl (C=O) groups is 1. The number of aromatic nitrogens is 1. The zero-order valence-electron chi connectivity index (χ0n) is 9.77. The summed E-state index contributed by atoms with van der Waals surface area (Å²) in [6.45, 7) is 1.96. The molecule has 2 aromatic rings. The summed E-state index contributed by atoms with van der Waals surface area (Å²) in [4.78, 5) is 15.9. The molecule has 5 heteroatoms. The van der Waals surface area contributed by atoms with Gasteiger partial charge in [0.2, 0.25) is 0 Å². The Hall–Kier alpha value is -1.88. The second-order valence-corrected chi connectivity index (χ2v) is 4.66. The maximum Gasteiger partial charge on any atom is 0.274 e. The molecule has 4 nitrogen and oxygen atoms in total. The van der Waals surface area contributed by atoms with Gasteiger partial charge in [-0.2, -0.15) is 0 Å². The van der Waals surface area contributed by atoms with E-state index in [1.54, 1.807) is 12.1 Å². The first-order valence-corrected chi connectivity index (χ1v) is 6.15. The quantitative estimate of drug-likeness (QED) is 0.896. The third-order valence-corrected chi connectivity index (χ3v) is 3.51. The second kappa shape index (κ2) is 5.18. The molecule has 0 unspecified atom stereocenters. The predicted molar refractivity (Wildman–Crippen MR) is 75.5 cm³/mol. The van der Waals surface area contributed by atoms with Crippen LogP contribution in [0, 0.1) is 6.92 Å². The summed E-state index contributed by atoms with van der Waals surface area (Å²) < 4.78 is 0.869. The SMILES string of the molecule is Cc1cccc(NC(=O)c2ccc(N)cn2)c1Br. The molecule has 0 radical (unpaired) electrons. The number of amides is 1. The van der Waals surface area contributed by atoms with E-state index < -0.39 is 0 Å². The van der Waals surface area contributed by atoms with Crippen molar-refractivity contribution in [3.05, 3.63) is 52.3 Å². The van der Waals surface area contributed by atoms with Gasteiger partial charge in [-0.3, -0.25) is 4.79 Å². The second-order valence-electron chi connectivity index (χ2n) is 3.87. The van der Waals surface area contributed by atoms with Crippen LogP contribution in [-0.2, 0) is 0 Å². The molecule has 0 saturated heterocycles. The molecule has 0 atom stereocenters. The van der Waals surface area contributed by atoms with Crippen LogP contribution >= 0.6 is 15.9 Å². The maximum absolute atomic E-state index is 12.0. The van der Waals surface area contributed by atoms with Crippen LogP contribution in [0.25, 0.3) is 0 Å². The fourth-order valence-electron chi connectivity index (χ4n) is 1.47. The molecular formula is C13H12BrN3O. The summed E-state index contributed by atoms with van der Waals surface area (Å²) >= 11 is 3.44. The minimum atomic E-state index is -0.263. The Balaban J connectivity index is 2.21. The molecule has 92 valence electrons. The van der Waals surface area contributed by atoms with Gasteiger partial charge in [-0.05, 0) is 46.6 Å². The fourth-order valence-corrected chi connectivity index (χ4v) is 1.83. The van der Waals surface area contributed by atoms with Gasteiger partial charge < -0.3 is 11.1 Å². The normalized spacial score (nSPS) is 10.1. The molecule has 18 heavy (non-hydrogen) atoms. The van der Waals surface area contributed by atoms with Gasteiger partial charge in [0.25, 0.3) is 5.91 Å². The predicted octanol–water partition coefficient (Wildman–Crippen LogP) is 2.99. The number of hydrogen-bond acceptors (Lipinski definition) is 3. The maximum atomic E-state index is 12.0. The van der Waals surface area contributed by atoms with Crippen molar-refractivity contribution in [3.63, 3.8) is 0 Å². The van der Waals surface area contributed by atoms with Gasteiger partial charge in [0.15, 0.2) is 0 Å². The highest BCUT2D eigenvalue weighted by atomic mass is 79.9. The average Bonchev–Trinajstić information content (AvgIpc) is 2.36. The van der Waals surface area contributed by atoms with Crippen LogP contribution in [0.2, 0.25) is 0 Å². The monoisotopic (exact) mass is 305 g/mol. The molecule has 1 aromatic heterocycles. The number of rotatable bonds is 2. The van der Waals surface area contributed by atoms with Crippen molar-refractivity contribution in [3.8, 4) is 0 Å². The van der Waals surface area contributed by atoms with Gasteiger partial charge in [-0.15, -0.1) is 0 Å². The number of carbonyl (C=O) groups excluding carboxylic acids is 1. The number of halogens is 1. The number of nitrogens with one attached hydrogen (secondary N) is 1. The van der Waals surface area contributed by atoms with Crippen molar-refractivity contribution in [2.75, 3.05) is 11.1 Å². The fraction of sp³-hybridized carbons (Fsp3) is 0.0769. The zero-order valence-corrected chi connectivity index (χ0v) is 11.4. The van der Waals surface area contributed by atoms with Crippen molar-refractivity contribution < 1.29 is 4.79 Å². The van der Waals surface area contributed by atoms with E-state index in [-0.39, 0.29) is 5.91 Å². The summed E-state index contributed by atoms with van der Waals surface area (Å²) in [5, 5.41) is 2.80. The smallest absolute Gasteiger partial charge is 0.274 e. The molecule has 1 heterocycles. The Kier molecular flexibility index (Phi) is 3.62. The Bertz CT molecular complexity index is 581. The zero-order chi connectivity index (χ0) is 13.1. The van der Waals surface area contributed by atoms with E-state index in [9.17, 15) is 4.79 Å². The topological polar surface area (TPSA) is 68.0 Å². The third kappa shape index (κ3) is 2.68. The molecular weight excluding hydrogens is 294 g/mol. The van der Waals surface area contributed by atoms with Gasteiger partial charge in [-0.25, -0.2) is 4.98 Å². The van der Waals surface area contributed by atoms with Gasteiger partial charge in [0.1, 0.15) is 5.69 Å². The number of nitrogens with two attached hydrogens (primary N) is 1. The Morgan fingerprint density at radius 3 is 2.78 bits per heavy atom. The molecule has 0 spiro atoms. The number of anilines is 2. The highest BCUT2D eigenvalue weighted by Crippen LogP contribution is 2.25. The molecule has 0 aliphatic rings. The summed E-state index contributed by atoms with van der Waals surface area (Å²) in [7, 11) is 0. The standard InChI is InChI=1S/C13H12BrN3O/c1-8-3-2-4-10(12(8)14)17-13(18)11-6-5-9(15)7-16-11/h2-7H,15H2,1H3,(H,17,18). The summed E-state index contributed by atoms with van der Waals surface area (Å²) in [5.74, 6) is -0.263. The van der Waals surface area contributed by atoms with Crippen LogP contribution in [0.15, 0.2) is 41.0 Å². The molecule has 1 aromatic carbocycles. The summed E-state index contributed by atoms with van der Waals surface area (Å²) in [5.41, 5.74) is 8.16. The largest absolute Gasteiger partial charge is 0.397 e. The first-order chi connectivity index (χ1) is 8.58. The lowest BCUT2D eigenvalue weighted by molar-refractivity contribution is 0.102. The Labute approximate surface area is 113 Å². The first-order valence-electron chi connectivity index (χ1n) is 5.36. The minimum absolute atomic E-state index is 0.263. The number of aryl methyl sites for hydroxylation is 1. The number of pyridine rings is 1. The molecule has 0 aliphatic carbocycles. The molecule has 0 saturated carbocycles. The first kappa shape index (κ1) is 12.6. The van der Waals surface area contributed by atoms with Crippen LogP contribution in [0.3, 0.4) is 0 Å². The van der Waals surface area contributed by atoms with Crippen LogP contribution in [0.4, 0.5) is 11.4 Å². The Morgan fingerprint density at radius 2 is 2.11 bits per heavy atom. The summed E-state index contributed by atoms with van der Waals surface area (Å²) in [6, 6.07) is 8.90. The Morgan fingerprint density at radius 1 is 1.33 bits per heavy atom. The van der Waals surface area contributed by atoms with Gasteiger partial charge >= 0.3 is 0 Å².